The Morgan fingerprint density at radius 2 is 1.64 bits per heavy atom. The fraction of sp³-hybridized carbons (Fsp3) is 0.133. The Labute approximate surface area is 215 Å². The minimum atomic E-state index is -0.506. The first-order chi connectivity index (χ1) is 17.5. The standard InChI is InChI=1S/C30H24N4OS/c1-3-28(29(35)33-26-12-8-7-11-23(26)18-31)36-30-25(19-32)24(21-15-13-20(2)14-16-21)17-27(34-30)22-9-5-4-6-10-22/h4-17,28H,3H2,1-2H3,(H,33,35)/t28-/m1/s1. The minimum Gasteiger partial charge on any atom is -0.324 e. The fourth-order valence-corrected chi connectivity index (χ4v) is 4.82. The molecule has 0 aliphatic carbocycles. The zero-order chi connectivity index (χ0) is 25.5. The number of aryl methyl sites for hydroxylation is 1. The number of nitrogens with one attached hydrogen (secondary N) is 1. The van der Waals surface area contributed by atoms with Gasteiger partial charge in [0.2, 0.25) is 5.91 Å². The first kappa shape index (κ1) is 24.7. The Bertz CT molecular complexity index is 1470. The molecule has 0 saturated heterocycles. The highest BCUT2D eigenvalue weighted by Gasteiger charge is 2.24. The zero-order valence-corrected chi connectivity index (χ0v) is 20.8. The SMILES string of the molecule is CC[C@@H](Sc1nc(-c2ccccc2)cc(-c2ccc(C)cc2)c1C#N)C(=O)Nc1ccccc1C#N. The van der Waals surface area contributed by atoms with Gasteiger partial charge in [0.05, 0.1) is 27.8 Å². The first-order valence-electron chi connectivity index (χ1n) is 11.6. The van der Waals surface area contributed by atoms with Gasteiger partial charge in [-0.25, -0.2) is 4.98 Å². The third-order valence-corrected chi connectivity index (χ3v) is 7.10. The molecule has 0 spiro atoms. The van der Waals surface area contributed by atoms with Crippen molar-refractivity contribution in [2.24, 2.45) is 0 Å². The van der Waals surface area contributed by atoms with Gasteiger partial charge in [-0.2, -0.15) is 10.5 Å². The van der Waals surface area contributed by atoms with E-state index in [4.69, 9.17) is 4.98 Å². The molecule has 176 valence electrons. The van der Waals surface area contributed by atoms with Crippen LogP contribution in [0.25, 0.3) is 22.4 Å². The number of nitriles is 2. The average Bonchev–Trinajstić information content (AvgIpc) is 2.92. The smallest absolute Gasteiger partial charge is 0.237 e. The van der Waals surface area contributed by atoms with Crippen molar-refractivity contribution in [2.75, 3.05) is 5.32 Å². The molecule has 3 aromatic carbocycles. The molecule has 1 atom stereocenters. The Hall–Kier alpha value is -4.39. The van der Waals surface area contributed by atoms with Gasteiger partial charge in [-0.05, 0) is 37.1 Å². The van der Waals surface area contributed by atoms with Crippen LogP contribution in [0.1, 0.15) is 30.0 Å². The van der Waals surface area contributed by atoms with Crippen LogP contribution in [0.4, 0.5) is 5.69 Å². The van der Waals surface area contributed by atoms with E-state index >= 15 is 0 Å². The van der Waals surface area contributed by atoms with E-state index in [1.165, 1.54) is 11.8 Å². The van der Waals surface area contributed by atoms with Crippen molar-refractivity contribution in [1.82, 2.24) is 4.98 Å². The van der Waals surface area contributed by atoms with Gasteiger partial charge < -0.3 is 5.32 Å². The molecule has 1 aromatic heterocycles. The Morgan fingerprint density at radius 1 is 0.944 bits per heavy atom. The number of carbonyl (C=O) groups excluding carboxylic acids is 1. The van der Waals surface area contributed by atoms with Gasteiger partial charge >= 0.3 is 0 Å². The van der Waals surface area contributed by atoms with Crippen LogP contribution in [0.2, 0.25) is 0 Å². The second-order valence-corrected chi connectivity index (χ2v) is 9.43. The normalized spacial score (nSPS) is 11.2. The quantitative estimate of drug-likeness (QED) is 0.284. The van der Waals surface area contributed by atoms with Gasteiger partial charge in [0, 0.05) is 11.1 Å². The summed E-state index contributed by atoms with van der Waals surface area (Å²) < 4.78 is 0. The van der Waals surface area contributed by atoms with Crippen LogP contribution in [0.15, 0.2) is 90.0 Å². The maximum atomic E-state index is 13.2. The molecule has 1 heterocycles. The van der Waals surface area contributed by atoms with Crippen LogP contribution in [0.3, 0.4) is 0 Å². The molecule has 6 heteroatoms. The third-order valence-electron chi connectivity index (χ3n) is 5.75. The van der Waals surface area contributed by atoms with Gasteiger partial charge in [0.25, 0.3) is 0 Å². The molecule has 0 radical (unpaired) electrons. The predicted molar refractivity (Wildman–Crippen MR) is 144 cm³/mol. The highest BCUT2D eigenvalue weighted by atomic mass is 32.2. The van der Waals surface area contributed by atoms with Crippen LogP contribution >= 0.6 is 11.8 Å². The van der Waals surface area contributed by atoms with Gasteiger partial charge in [0.1, 0.15) is 17.2 Å². The molecule has 0 bridgehead atoms. The van der Waals surface area contributed by atoms with E-state index in [1.807, 2.05) is 74.5 Å². The van der Waals surface area contributed by atoms with Crippen molar-refractivity contribution in [3.8, 4) is 34.5 Å². The molecule has 0 aliphatic heterocycles. The average molecular weight is 489 g/mol. The summed E-state index contributed by atoms with van der Waals surface area (Å²) in [4.78, 5) is 18.0. The second-order valence-electron chi connectivity index (χ2n) is 8.24. The zero-order valence-electron chi connectivity index (χ0n) is 20.0. The maximum Gasteiger partial charge on any atom is 0.237 e. The lowest BCUT2D eigenvalue weighted by Crippen LogP contribution is -2.25. The van der Waals surface area contributed by atoms with Crippen molar-refractivity contribution in [3.05, 3.63) is 102 Å². The van der Waals surface area contributed by atoms with Gasteiger partial charge in [-0.15, -0.1) is 0 Å². The van der Waals surface area contributed by atoms with Crippen molar-refractivity contribution in [2.45, 2.75) is 30.5 Å². The third kappa shape index (κ3) is 5.46. The molecular weight excluding hydrogens is 464 g/mol. The predicted octanol–water partition coefficient (Wildman–Crippen LogP) is 6.98. The largest absolute Gasteiger partial charge is 0.324 e. The molecule has 5 nitrogen and oxygen atoms in total. The molecule has 0 saturated carbocycles. The highest BCUT2D eigenvalue weighted by molar-refractivity contribution is 8.00. The van der Waals surface area contributed by atoms with E-state index < -0.39 is 5.25 Å². The molecule has 1 N–H and O–H groups in total. The Morgan fingerprint density at radius 3 is 2.31 bits per heavy atom. The number of amides is 1. The monoisotopic (exact) mass is 488 g/mol. The topological polar surface area (TPSA) is 89.6 Å². The molecule has 4 rings (SSSR count). The summed E-state index contributed by atoms with van der Waals surface area (Å²) in [5.41, 5.74) is 5.79. The van der Waals surface area contributed by atoms with E-state index in [-0.39, 0.29) is 5.91 Å². The van der Waals surface area contributed by atoms with Crippen molar-refractivity contribution in [1.29, 1.82) is 10.5 Å². The molecular formula is C30H24N4OS. The number of rotatable bonds is 7. The Balaban J connectivity index is 1.76. The van der Waals surface area contributed by atoms with E-state index in [2.05, 4.69) is 17.5 Å². The number of nitrogens with zero attached hydrogens (tertiary/aromatic N) is 3. The van der Waals surface area contributed by atoms with Crippen LogP contribution in [0, 0.1) is 29.6 Å². The van der Waals surface area contributed by atoms with Gasteiger partial charge in [-0.1, -0.05) is 91.0 Å². The van der Waals surface area contributed by atoms with Gasteiger partial charge in [-0.3, -0.25) is 4.79 Å². The van der Waals surface area contributed by atoms with E-state index in [1.54, 1.807) is 24.3 Å². The number of pyridine rings is 1. The summed E-state index contributed by atoms with van der Waals surface area (Å²) in [6.45, 7) is 3.94. The van der Waals surface area contributed by atoms with Crippen LogP contribution in [-0.4, -0.2) is 16.1 Å². The van der Waals surface area contributed by atoms with Crippen LogP contribution in [0.5, 0.6) is 0 Å². The lowest BCUT2D eigenvalue weighted by Gasteiger charge is -2.18. The van der Waals surface area contributed by atoms with Crippen molar-refractivity contribution < 1.29 is 4.79 Å². The maximum absolute atomic E-state index is 13.2. The lowest BCUT2D eigenvalue weighted by molar-refractivity contribution is -0.115. The molecule has 1 amide bonds. The summed E-state index contributed by atoms with van der Waals surface area (Å²) in [5.74, 6) is -0.238. The first-order valence-corrected chi connectivity index (χ1v) is 12.5. The number of aromatic nitrogens is 1. The molecule has 0 unspecified atom stereocenters. The number of hydrogen-bond acceptors (Lipinski definition) is 5. The van der Waals surface area contributed by atoms with E-state index in [9.17, 15) is 15.3 Å². The van der Waals surface area contributed by atoms with Crippen LogP contribution < -0.4 is 5.32 Å². The van der Waals surface area contributed by atoms with E-state index in [0.717, 1.165) is 27.9 Å². The second kappa shape index (κ2) is 11.4. The van der Waals surface area contributed by atoms with Crippen LogP contribution in [-0.2, 0) is 4.79 Å². The molecule has 0 aliphatic rings. The number of hydrogen-bond donors (Lipinski definition) is 1. The Kier molecular flexibility index (Phi) is 7.80. The summed E-state index contributed by atoms with van der Waals surface area (Å²) in [5, 5.41) is 22.4. The van der Waals surface area contributed by atoms with Crippen molar-refractivity contribution >= 4 is 23.4 Å². The number of thioether (sulfide) groups is 1. The number of para-hydroxylation sites is 1. The van der Waals surface area contributed by atoms with E-state index in [0.29, 0.717) is 28.3 Å². The summed E-state index contributed by atoms with van der Waals surface area (Å²) in [7, 11) is 0. The molecule has 4 aromatic rings. The highest BCUT2D eigenvalue weighted by Crippen LogP contribution is 2.36. The lowest BCUT2D eigenvalue weighted by atomic mass is 9.98. The summed E-state index contributed by atoms with van der Waals surface area (Å²) >= 11 is 1.27. The number of carbonyl (C=O) groups is 1. The number of benzene rings is 3. The number of anilines is 1. The van der Waals surface area contributed by atoms with Gasteiger partial charge in [0.15, 0.2) is 0 Å². The fourth-order valence-electron chi connectivity index (χ4n) is 3.79. The molecule has 0 fully saturated rings. The minimum absolute atomic E-state index is 0.238. The summed E-state index contributed by atoms with van der Waals surface area (Å²) in [6, 6.07) is 31.1. The summed E-state index contributed by atoms with van der Waals surface area (Å²) in [6.07, 6.45) is 0.521. The molecule has 36 heavy (non-hydrogen) atoms. The van der Waals surface area contributed by atoms with Crippen molar-refractivity contribution in [3.63, 3.8) is 0 Å².